The van der Waals surface area contributed by atoms with Gasteiger partial charge in [-0.05, 0) is 13.0 Å². The lowest BCUT2D eigenvalue weighted by atomic mass is 9.92. The molecular weight excluding hydrogens is 248 g/mol. The summed E-state index contributed by atoms with van der Waals surface area (Å²) in [4.78, 5) is 22.3. The Kier molecular flexibility index (Phi) is 3.99. The van der Waals surface area contributed by atoms with E-state index in [1.54, 1.807) is 24.3 Å². The lowest BCUT2D eigenvalue weighted by Crippen LogP contribution is -2.45. The van der Waals surface area contributed by atoms with Crippen LogP contribution in [0.3, 0.4) is 0 Å². The van der Waals surface area contributed by atoms with Crippen LogP contribution < -0.4 is 10.1 Å². The number of nitrogens with one attached hydrogen (secondary N) is 1. The maximum absolute atomic E-state index is 11.5. The van der Waals surface area contributed by atoms with E-state index in [2.05, 4.69) is 5.32 Å². The highest BCUT2D eigenvalue weighted by atomic mass is 16.6. The van der Waals surface area contributed by atoms with Gasteiger partial charge in [0.15, 0.2) is 0 Å². The fourth-order valence-corrected chi connectivity index (χ4v) is 2.32. The van der Waals surface area contributed by atoms with Gasteiger partial charge < -0.3 is 10.1 Å². The van der Waals surface area contributed by atoms with Crippen LogP contribution in [0.15, 0.2) is 24.3 Å². The molecule has 1 N–H and O–H groups in total. The summed E-state index contributed by atoms with van der Waals surface area (Å²) >= 11 is 0. The van der Waals surface area contributed by atoms with E-state index >= 15 is 0 Å². The Balaban J connectivity index is 2.35. The number of carbonyl (C=O) groups excluding carboxylic acids is 1. The number of nitro groups is 1. The molecule has 1 aliphatic heterocycles. The van der Waals surface area contributed by atoms with E-state index in [0.29, 0.717) is 17.9 Å². The Morgan fingerprint density at radius 2 is 2.21 bits per heavy atom. The molecule has 2 rings (SSSR count). The minimum atomic E-state index is -0.806. The van der Waals surface area contributed by atoms with Gasteiger partial charge in [-0.1, -0.05) is 18.2 Å². The molecule has 0 saturated carbocycles. The molecular formula is C13H16N2O4. The van der Waals surface area contributed by atoms with Crippen molar-refractivity contribution in [3.63, 3.8) is 0 Å². The quantitative estimate of drug-likeness (QED) is 0.662. The molecule has 1 aromatic rings. The third-order valence-corrected chi connectivity index (χ3v) is 3.19. The van der Waals surface area contributed by atoms with Gasteiger partial charge in [0.25, 0.3) is 0 Å². The molecule has 0 aromatic heterocycles. The van der Waals surface area contributed by atoms with Crippen molar-refractivity contribution in [2.45, 2.75) is 31.8 Å². The summed E-state index contributed by atoms with van der Waals surface area (Å²) in [6.07, 6.45) is 0.447. The zero-order chi connectivity index (χ0) is 13.8. The van der Waals surface area contributed by atoms with Gasteiger partial charge in [-0.15, -0.1) is 0 Å². The SMILES string of the molecule is CCOc1ccccc1[C@H]1NC(=O)CC[C@@H]1[N+](=O)[O-]. The van der Waals surface area contributed by atoms with Gasteiger partial charge in [0.1, 0.15) is 11.8 Å². The monoisotopic (exact) mass is 264 g/mol. The van der Waals surface area contributed by atoms with Crippen molar-refractivity contribution in [2.75, 3.05) is 6.61 Å². The van der Waals surface area contributed by atoms with Crippen molar-refractivity contribution in [1.29, 1.82) is 0 Å². The fourth-order valence-electron chi connectivity index (χ4n) is 2.32. The number of carbonyl (C=O) groups is 1. The van der Waals surface area contributed by atoms with Gasteiger partial charge in [-0.3, -0.25) is 14.9 Å². The summed E-state index contributed by atoms with van der Waals surface area (Å²) in [7, 11) is 0. The lowest BCUT2D eigenvalue weighted by Gasteiger charge is -2.28. The first kappa shape index (κ1) is 13.3. The first-order valence-corrected chi connectivity index (χ1v) is 6.28. The number of para-hydroxylation sites is 1. The van der Waals surface area contributed by atoms with Crippen LogP contribution in [0.25, 0.3) is 0 Å². The van der Waals surface area contributed by atoms with Crippen molar-refractivity contribution in [3.8, 4) is 5.75 Å². The normalized spacial score (nSPS) is 22.7. The van der Waals surface area contributed by atoms with Crippen LogP contribution in [-0.2, 0) is 4.79 Å². The molecule has 0 unspecified atom stereocenters. The minimum absolute atomic E-state index is 0.158. The maximum atomic E-state index is 11.5. The number of nitrogens with zero attached hydrogens (tertiary/aromatic N) is 1. The largest absolute Gasteiger partial charge is 0.494 e. The number of amides is 1. The average molecular weight is 264 g/mol. The zero-order valence-corrected chi connectivity index (χ0v) is 10.7. The number of ether oxygens (including phenoxy) is 1. The number of benzene rings is 1. The Hall–Kier alpha value is -2.11. The van der Waals surface area contributed by atoms with Crippen LogP contribution in [0.4, 0.5) is 0 Å². The van der Waals surface area contributed by atoms with Gasteiger partial charge in [0.2, 0.25) is 11.9 Å². The lowest BCUT2D eigenvalue weighted by molar-refractivity contribution is -0.529. The number of rotatable bonds is 4. The van der Waals surface area contributed by atoms with E-state index in [1.165, 1.54) is 0 Å². The Labute approximate surface area is 110 Å². The van der Waals surface area contributed by atoms with Crippen molar-refractivity contribution in [2.24, 2.45) is 0 Å². The summed E-state index contributed by atoms with van der Waals surface area (Å²) in [5.74, 6) is 0.429. The second kappa shape index (κ2) is 5.69. The summed E-state index contributed by atoms with van der Waals surface area (Å²) in [5, 5.41) is 13.8. The van der Waals surface area contributed by atoms with Gasteiger partial charge in [-0.25, -0.2) is 0 Å². The van der Waals surface area contributed by atoms with Crippen molar-refractivity contribution in [1.82, 2.24) is 5.32 Å². The Morgan fingerprint density at radius 1 is 1.47 bits per heavy atom. The molecule has 1 fully saturated rings. The van der Waals surface area contributed by atoms with Crippen LogP contribution in [0.5, 0.6) is 5.75 Å². The van der Waals surface area contributed by atoms with Crippen molar-refractivity contribution < 1.29 is 14.5 Å². The molecule has 1 aromatic carbocycles. The van der Waals surface area contributed by atoms with Crippen LogP contribution in [0.2, 0.25) is 0 Å². The highest BCUT2D eigenvalue weighted by molar-refractivity contribution is 5.77. The molecule has 0 spiro atoms. The van der Waals surface area contributed by atoms with Gasteiger partial charge >= 0.3 is 0 Å². The molecule has 1 amide bonds. The third-order valence-electron chi connectivity index (χ3n) is 3.19. The summed E-state index contributed by atoms with van der Waals surface area (Å²) in [5.41, 5.74) is 0.666. The van der Waals surface area contributed by atoms with Crippen LogP contribution in [0.1, 0.15) is 31.4 Å². The smallest absolute Gasteiger partial charge is 0.237 e. The van der Waals surface area contributed by atoms with E-state index in [4.69, 9.17) is 4.74 Å². The van der Waals surface area contributed by atoms with E-state index in [-0.39, 0.29) is 23.7 Å². The molecule has 1 aliphatic rings. The maximum Gasteiger partial charge on any atom is 0.237 e. The Bertz CT molecular complexity index is 489. The highest BCUT2D eigenvalue weighted by Gasteiger charge is 2.39. The van der Waals surface area contributed by atoms with Gasteiger partial charge in [0.05, 0.1) is 6.61 Å². The van der Waals surface area contributed by atoms with E-state index in [9.17, 15) is 14.9 Å². The summed E-state index contributed by atoms with van der Waals surface area (Å²) in [6.45, 7) is 2.32. The first-order chi connectivity index (χ1) is 9.13. The fraction of sp³-hybridized carbons (Fsp3) is 0.462. The molecule has 6 nitrogen and oxygen atoms in total. The molecule has 0 radical (unpaired) electrons. The van der Waals surface area contributed by atoms with Crippen LogP contribution >= 0.6 is 0 Å². The third kappa shape index (κ3) is 2.83. The molecule has 0 bridgehead atoms. The summed E-state index contributed by atoms with van der Waals surface area (Å²) < 4.78 is 5.48. The molecule has 102 valence electrons. The predicted molar refractivity (Wildman–Crippen MR) is 68.5 cm³/mol. The van der Waals surface area contributed by atoms with Crippen LogP contribution in [-0.4, -0.2) is 23.5 Å². The second-order valence-electron chi connectivity index (χ2n) is 4.41. The molecule has 6 heteroatoms. The molecule has 1 heterocycles. The highest BCUT2D eigenvalue weighted by Crippen LogP contribution is 2.32. The minimum Gasteiger partial charge on any atom is -0.494 e. The molecule has 1 saturated heterocycles. The zero-order valence-electron chi connectivity index (χ0n) is 10.7. The van der Waals surface area contributed by atoms with E-state index < -0.39 is 12.1 Å². The molecule has 19 heavy (non-hydrogen) atoms. The summed E-state index contributed by atoms with van der Waals surface area (Å²) in [6, 6.07) is 5.68. The van der Waals surface area contributed by atoms with Crippen LogP contribution in [0, 0.1) is 10.1 Å². The Morgan fingerprint density at radius 3 is 2.89 bits per heavy atom. The second-order valence-corrected chi connectivity index (χ2v) is 4.41. The van der Waals surface area contributed by atoms with Gasteiger partial charge in [-0.2, -0.15) is 0 Å². The number of hydrogen-bond donors (Lipinski definition) is 1. The van der Waals surface area contributed by atoms with Gasteiger partial charge in [0, 0.05) is 23.3 Å². The standard InChI is InChI=1S/C13H16N2O4/c1-2-19-11-6-4-3-5-9(11)13-10(15(17)18)7-8-12(16)14-13/h3-6,10,13H,2,7-8H2,1H3,(H,14,16)/t10-,13+/m0/s1. The van der Waals surface area contributed by atoms with Crippen molar-refractivity contribution in [3.05, 3.63) is 39.9 Å². The van der Waals surface area contributed by atoms with E-state index in [0.717, 1.165) is 0 Å². The number of hydrogen-bond acceptors (Lipinski definition) is 4. The van der Waals surface area contributed by atoms with Crippen molar-refractivity contribution >= 4 is 5.91 Å². The molecule has 2 atom stereocenters. The average Bonchev–Trinajstić information content (AvgIpc) is 2.39. The molecule has 0 aliphatic carbocycles. The predicted octanol–water partition coefficient (Wildman–Crippen LogP) is 1.68. The topological polar surface area (TPSA) is 81.5 Å². The first-order valence-electron chi connectivity index (χ1n) is 6.28. The van der Waals surface area contributed by atoms with E-state index in [1.807, 2.05) is 6.92 Å². The number of piperidine rings is 1.